The highest BCUT2D eigenvalue weighted by atomic mass is 32.1. The number of hydrogen-bond donors (Lipinski definition) is 0. The zero-order valence-electron chi connectivity index (χ0n) is 9.39. The zero-order valence-corrected chi connectivity index (χ0v) is 10.2. The van der Waals surface area contributed by atoms with Gasteiger partial charge in [-0.15, -0.1) is 11.3 Å². The minimum Gasteiger partial charge on any atom is -0.260 e. The Morgan fingerprint density at radius 1 is 1.16 bits per heavy atom. The summed E-state index contributed by atoms with van der Waals surface area (Å²) in [6.45, 7) is 0. The van der Waals surface area contributed by atoms with Crippen molar-refractivity contribution in [1.29, 1.82) is 5.26 Å². The van der Waals surface area contributed by atoms with Crippen molar-refractivity contribution < 1.29 is 8.78 Å². The number of pyridine rings is 1. The Labute approximate surface area is 110 Å². The molecular weight excluding hydrogens is 268 g/mol. The van der Waals surface area contributed by atoms with E-state index in [1.807, 2.05) is 6.07 Å². The number of nitriles is 1. The predicted octanol–water partition coefficient (Wildman–Crippen LogP) is 3.51. The third-order valence-electron chi connectivity index (χ3n) is 2.61. The van der Waals surface area contributed by atoms with Crippen molar-refractivity contribution in [3.05, 3.63) is 47.8 Å². The highest BCUT2D eigenvalue weighted by Crippen LogP contribution is 2.34. The summed E-state index contributed by atoms with van der Waals surface area (Å²) >= 11 is 1.10. The molecule has 0 aliphatic heterocycles. The molecule has 3 rings (SSSR count). The number of halogens is 2. The number of aromatic nitrogens is 2. The summed E-state index contributed by atoms with van der Waals surface area (Å²) in [6, 6.07) is 6.11. The van der Waals surface area contributed by atoms with Gasteiger partial charge >= 0.3 is 0 Å². The molecule has 1 aromatic carbocycles. The fourth-order valence-corrected chi connectivity index (χ4v) is 2.77. The van der Waals surface area contributed by atoms with E-state index in [1.165, 1.54) is 24.4 Å². The Kier molecular flexibility index (Phi) is 2.69. The van der Waals surface area contributed by atoms with Crippen molar-refractivity contribution in [2.24, 2.45) is 0 Å². The maximum absolute atomic E-state index is 13.9. The standard InChI is InChI=1S/C13H5F2N3S/c14-8-3-1-2-7(4-16)11(8)13-18-12-9(15)5-17-6-10(12)19-13/h1-3,5-6H. The van der Waals surface area contributed by atoms with E-state index < -0.39 is 11.6 Å². The SMILES string of the molecule is N#Cc1cccc(F)c1-c1nc2c(F)cncc2s1. The molecule has 0 aliphatic rings. The molecule has 0 N–H and O–H groups in total. The smallest absolute Gasteiger partial charge is 0.168 e. The van der Waals surface area contributed by atoms with Crippen molar-refractivity contribution in [3.8, 4) is 16.6 Å². The molecule has 0 atom stereocenters. The minimum atomic E-state index is -0.560. The van der Waals surface area contributed by atoms with Gasteiger partial charge in [0, 0.05) is 6.20 Å². The van der Waals surface area contributed by atoms with Crippen LogP contribution in [0.2, 0.25) is 0 Å². The predicted molar refractivity (Wildman–Crippen MR) is 67.5 cm³/mol. The Balaban J connectivity index is 2.32. The van der Waals surface area contributed by atoms with Gasteiger partial charge in [-0.3, -0.25) is 4.98 Å². The first-order valence-corrected chi connectivity index (χ1v) is 6.11. The summed E-state index contributed by atoms with van der Waals surface area (Å²) in [5.41, 5.74) is 0.417. The number of fused-ring (bicyclic) bond motifs is 1. The molecule has 3 nitrogen and oxygen atoms in total. The zero-order chi connectivity index (χ0) is 13.4. The fourth-order valence-electron chi connectivity index (χ4n) is 1.76. The van der Waals surface area contributed by atoms with Crippen molar-refractivity contribution in [1.82, 2.24) is 9.97 Å². The Morgan fingerprint density at radius 2 is 2.00 bits per heavy atom. The molecule has 0 fully saturated rings. The lowest BCUT2D eigenvalue weighted by Crippen LogP contribution is -1.88. The molecule has 6 heteroatoms. The molecule has 0 spiro atoms. The van der Waals surface area contributed by atoms with Crippen LogP contribution in [0.25, 0.3) is 20.8 Å². The maximum atomic E-state index is 13.9. The Hall–Kier alpha value is -2.39. The molecule has 0 saturated carbocycles. The van der Waals surface area contributed by atoms with Crippen LogP contribution in [0, 0.1) is 23.0 Å². The number of thiazole rings is 1. The Bertz CT molecular complexity index is 820. The van der Waals surface area contributed by atoms with E-state index in [0.29, 0.717) is 4.70 Å². The topological polar surface area (TPSA) is 49.6 Å². The average Bonchev–Trinajstić information content (AvgIpc) is 2.83. The summed E-state index contributed by atoms with van der Waals surface area (Å²) < 4.78 is 27.9. The van der Waals surface area contributed by atoms with Crippen molar-refractivity contribution in [3.63, 3.8) is 0 Å². The first kappa shape index (κ1) is 11.7. The third-order valence-corrected chi connectivity index (χ3v) is 3.61. The third kappa shape index (κ3) is 1.84. The molecule has 0 unspecified atom stereocenters. The van der Waals surface area contributed by atoms with Gasteiger partial charge in [0.25, 0.3) is 0 Å². The van der Waals surface area contributed by atoms with E-state index in [-0.39, 0.29) is 21.7 Å². The average molecular weight is 273 g/mol. The summed E-state index contributed by atoms with van der Waals surface area (Å²) in [5.74, 6) is -1.11. The van der Waals surface area contributed by atoms with Crippen LogP contribution >= 0.6 is 11.3 Å². The van der Waals surface area contributed by atoms with Crippen molar-refractivity contribution in [2.45, 2.75) is 0 Å². The molecule has 2 aromatic heterocycles. The van der Waals surface area contributed by atoms with Crippen LogP contribution in [-0.2, 0) is 0 Å². The number of hydrogen-bond acceptors (Lipinski definition) is 4. The lowest BCUT2D eigenvalue weighted by Gasteiger charge is -2.00. The molecule has 0 aliphatic carbocycles. The van der Waals surface area contributed by atoms with E-state index in [0.717, 1.165) is 17.5 Å². The van der Waals surface area contributed by atoms with Gasteiger partial charge in [-0.2, -0.15) is 5.26 Å². The summed E-state index contributed by atoms with van der Waals surface area (Å²) in [7, 11) is 0. The first-order chi connectivity index (χ1) is 9.20. The Morgan fingerprint density at radius 3 is 2.74 bits per heavy atom. The molecule has 0 radical (unpaired) electrons. The van der Waals surface area contributed by atoms with Crippen LogP contribution in [0.4, 0.5) is 8.78 Å². The molecule has 3 aromatic rings. The minimum absolute atomic E-state index is 0.102. The van der Waals surface area contributed by atoms with Crippen molar-refractivity contribution in [2.75, 3.05) is 0 Å². The highest BCUT2D eigenvalue weighted by molar-refractivity contribution is 7.21. The molecule has 92 valence electrons. The van der Waals surface area contributed by atoms with E-state index in [2.05, 4.69) is 9.97 Å². The monoisotopic (exact) mass is 273 g/mol. The summed E-state index contributed by atoms with van der Waals surface area (Å²) in [5, 5.41) is 9.28. The lowest BCUT2D eigenvalue weighted by molar-refractivity contribution is 0.628. The lowest BCUT2D eigenvalue weighted by atomic mass is 10.1. The van der Waals surface area contributed by atoms with Crippen LogP contribution in [0.1, 0.15) is 5.56 Å². The van der Waals surface area contributed by atoms with Gasteiger partial charge in [0.2, 0.25) is 0 Å². The highest BCUT2D eigenvalue weighted by Gasteiger charge is 2.16. The van der Waals surface area contributed by atoms with Gasteiger partial charge < -0.3 is 0 Å². The van der Waals surface area contributed by atoms with E-state index in [1.54, 1.807) is 0 Å². The van der Waals surface area contributed by atoms with E-state index in [4.69, 9.17) is 5.26 Å². The van der Waals surface area contributed by atoms with Gasteiger partial charge in [0.05, 0.1) is 28.1 Å². The molecular formula is C13H5F2N3S. The fraction of sp³-hybridized carbons (Fsp3) is 0. The van der Waals surface area contributed by atoms with Gasteiger partial charge in [-0.25, -0.2) is 13.8 Å². The summed E-state index contributed by atoms with van der Waals surface area (Å²) in [4.78, 5) is 7.79. The van der Waals surface area contributed by atoms with Crippen LogP contribution in [0.3, 0.4) is 0 Å². The molecule has 19 heavy (non-hydrogen) atoms. The van der Waals surface area contributed by atoms with Gasteiger partial charge in [0.15, 0.2) is 5.82 Å². The van der Waals surface area contributed by atoms with E-state index in [9.17, 15) is 8.78 Å². The van der Waals surface area contributed by atoms with Crippen LogP contribution in [-0.4, -0.2) is 9.97 Å². The second-order valence-corrected chi connectivity index (χ2v) is 4.79. The van der Waals surface area contributed by atoms with Gasteiger partial charge in [-0.1, -0.05) is 6.07 Å². The molecule has 0 saturated heterocycles. The first-order valence-electron chi connectivity index (χ1n) is 5.29. The molecule has 2 heterocycles. The van der Waals surface area contributed by atoms with Crippen LogP contribution in [0.5, 0.6) is 0 Å². The van der Waals surface area contributed by atoms with Crippen molar-refractivity contribution >= 4 is 21.6 Å². The van der Waals surface area contributed by atoms with Gasteiger partial charge in [-0.05, 0) is 12.1 Å². The number of nitrogens with zero attached hydrogens (tertiary/aromatic N) is 3. The normalized spacial score (nSPS) is 10.6. The second kappa shape index (κ2) is 4.37. The quantitative estimate of drug-likeness (QED) is 0.681. The largest absolute Gasteiger partial charge is 0.260 e. The molecule has 0 bridgehead atoms. The van der Waals surface area contributed by atoms with Gasteiger partial charge in [0.1, 0.15) is 16.3 Å². The number of rotatable bonds is 1. The van der Waals surface area contributed by atoms with Crippen LogP contribution in [0.15, 0.2) is 30.6 Å². The number of benzene rings is 1. The van der Waals surface area contributed by atoms with E-state index >= 15 is 0 Å². The summed E-state index contributed by atoms with van der Waals surface area (Å²) in [6.07, 6.45) is 2.52. The van der Waals surface area contributed by atoms with Crippen LogP contribution < -0.4 is 0 Å². The molecule has 0 amide bonds. The maximum Gasteiger partial charge on any atom is 0.168 e. The second-order valence-electron chi connectivity index (χ2n) is 3.76.